The van der Waals surface area contributed by atoms with Crippen LogP contribution in [-0.2, 0) is 4.79 Å². The van der Waals surface area contributed by atoms with Crippen molar-refractivity contribution in [3.63, 3.8) is 0 Å². The lowest BCUT2D eigenvalue weighted by atomic mass is 10.1. The number of carboxylic acid groups (broad SMARTS) is 2. The van der Waals surface area contributed by atoms with Gasteiger partial charge in [0.15, 0.2) is 0 Å². The van der Waals surface area contributed by atoms with Gasteiger partial charge in [0.05, 0.1) is 16.9 Å². The minimum atomic E-state index is -1.26. The maximum atomic E-state index is 11.6. The predicted octanol–water partition coefficient (Wildman–Crippen LogP) is 0.713. The summed E-state index contributed by atoms with van der Waals surface area (Å²) in [5, 5.41) is 20.3. The highest BCUT2D eigenvalue weighted by Gasteiger charge is 2.12. The fraction of sp³-hybridized carbons (Fsp3) is 0.250. The Morgan fingerprint density at radius 3 is 2.10 bits per heavy atom. The highest BCUT2D eigenvalue weighted by atomic mass is 32.2. The topological polar surface area (TPSA) is 130 Å². The summed E-state index contributed by atoms with van der Waals surface area (Å²) in [6.07, 6.45) is 0. The largest absolute Gasteiger partial charge is 0.478 e. The van der Waals surface area contributed by atoms with Crippen molar-refractivity contribution in [3.05, 3.63) is 29.3 Å². The van der Waals surface area contributed by atoms with Gasteiger partial charge in [-0.3, -0.25) is 4.79 Å². The van der Waals surface area contributed by atoms with E-state index in [1.54, 1.807) is 0 Å². The lowest BCUT2D eigenvalue weighted by molar-refractivity contribution is -0.113. The summed E-state index contributed by atoms with van der Waals surface area (Å²) in [7, 11) is 0. The lowest BCUT2D eigenvalue weighted by Crippen LogP contribution is -2.16. The van der Waals surface area contributed by atoms with Crippen molar-refractivity contribution in [2.24, 2.45) is 5.73 Å². The summed E-state index contributed by atoms with van der Waals surface area (Å²) >= 11 is 1.33. The summed E-state index contributed by atoms with van der Waals surface area (Å²) < 4.78 is 0. The third-order valence-corrected chi connectivity index (χ3v) is 3.20. The number of anilines is 1. The minimum Gasteiger partial charge on any atom is -0.478 e. The van der Waals surface area contributed by atoms with Gasteiger partial charge in [0.25, 0.3) is 0 Å². The van der Waals surface area contributed by atoms with Crippen molar-refractivity contribution >= 4 is 35.3 Å². The minimum absolute atomic E-state index is 0.139. The Hall–Kier alpha value is -2.06. The normalized spacial score (nSPS) is 10.1. The highest BCUT2D eigenvalue weighted by molar-refractivity contribution is 7.99. The average molecular weight is 298 g/mol. The van der Waals surface area contributed by atoms with E-state index in [2.05, 4.69) is 5.32 Å². The van der Waals surface area contributed by atoms with Crippen molar-refractivity contribution < 1.29 is 24.6 Å². The van der Waals surface area contributed by atoms with Crippen LogP contribution in [0, 0.1) is 0 Å². The van der Waals surface area contributed by atoms with Gasteiger partial charge in [0.1, 0.15) is 0 Å². The summed E-state index contributed by atoms with van der Waals surface area (Å²) in [6, 6.07) is 3.45. The van der Waals surface area contributed by atoms with E-state index in [-0.39, 0.29) is 28.5 Å². The molecule has 1 rings (SSSR count). The number of hydrogen-bond acceptors (Lipinski definition) is 5. The molecule has 0 heterocycles. The molecule has 1 aromatic rings. The van der Waals surface area contributed by atoms with Crippen LogP contribution in [-0.4, -0.2) is 46.1 Å². The summed E-state index contributed by atoms with van der Waals surface area (Å²) in [5.41, 5.74) is 5.03. The number of carbonyl (C=O) groups excluding carboxylic acids is 1. The summed E-state index contributed by atoms with van der Waals surface area (Å²) in [6.45, 7) is 0.454. The molecule has 0 fully saturated rings. The van der Waals surface area contributed by atoms with Crippen LogP contribution in [0.25, 0.3) is 0 Å². The number of thioether (sulfide) groups is 1. The number of carboxylic acids is 2. The van der Waals surface area contributed by atoms with Crippen molar-refractivity contribution in [2.45, 2.75) is 0 Å². The van der Waals surface area contributed by atoms with Crippen LogP contribution in [0.2, 0.25) is 0 Å². The molecule has 108 valence electrons. The quantitative estimate of drug-likeness (QED) is 0.545. The van der Waals surface area contributed by atoms with Gasteiger partial charge in [-0.2, -0.15) is 11.8 Å². The molecule has 0 aliphatic heterocycles. The molecule has 0 aromatic heterocycles. The van der Waals surface area contributed by atoms with E-state index in [4.69, 9.17) is 15.9 Å². The Kier molecular flexibility index (Phi) is 6.01. The van der Waals surface area contributed by atoms with Crippen LogP contribution in [0.4, 0.5) is 5.69 Å². The highest BCUT2D eigenvalue weighted by Crippen LogP contribution is 2.16. The fourth-order valence-corrected chi connectivity index (χ4v) is 1.96. The zero-order chi connectivity index (χ0) is 15.1. The number of nitrogens with one attached hydrogen (secondary N) is 1. The Morgan fingerprint density at radius 2 is 1.65 bits per heavy atom. The van der Waals surface area contributed by atoms with Crippen LogP contribution in [0.15, 0.2) is 18.2 Å². The number of rotatable bonds is 7. The van der Waals surface area contributed by atoms with E-state index in [1.807, 2.05) is 0 Å². The first-order valence-corrected chi connectivity index (χ1v) is 6.79. The van der Waals surface area contributed by atoms with Gasteiger partial charge in [0, 0.05) is 18.0 Å². The van der Waals surface area contributed by atoms with Gasteiger partial charge in [-0.25, -0.2) is 9.59 Å². The SMILES string of the molecule is NCCSCC(=O)Nc1cc(C(=O)O)cc(C(=O)O)c1. The van der Waals surface area contributed by atoms with E-state index in [9.17, 15) is 14.4 Å². The van der Waals surface area contributed by atoms with Crippen LogP contribution < -0.4 is 11.1 Å². The fourth-order valence-electron chi connectivity index (χ4n) is 1.39. The molecule has 0 saturated heterocycles. The molecule has 1 amide bonds. The van der Waals surface area contributed by atoms with Gasteiger partial charge >= 0.3 is 11.9 Å². The van der Waals surface area contributed by atoms with Crippen LogP contribution >= 0.6 is 11.8 Å². The van der Waals surface area contributed by atoms with Crippen molar-refractivity contribution in [1.29, 1.82) is 0 Å². The second-order valence-electron chi connectivity index (χ2n) is 3.80. The van der Waals surface area contributed by atoms with E-state index in [0.29, 0.717) is 12.3 Å². The van der Waals surface area contributed by atoms with Crippen molar-refractivity contribution in [3.8, 4) is 0 Å². The first-order valence-electron chi connectivity index (χ1n) is 5.63. The van der Waals surface area contributed by atoms with Gasteiger partial charge in [0.2, 0.25) is 5.91 Å². The monoisotopic (exact) mass is 298 g/mol. The number of aromatic carboxylic acids is 2. The molecule has 0 bridgehead atoms. The molecule has 0 atom stereocenters. The maximum Gasteiger partial charge on any atom is 0.335 e. The molecule has 0 radical (unpaired) electrons. The second kappa shape index (κ2) is 7.51. The molecule has 7 nitrogen and oxygen atoms in total. The Balaban J connectivity index is 2.86. The zero-order valence-electron chi connectivity index (χ0n) is 10.5. The van der Waals surface area contributed by atoms with Crippen LogP contribution in [0.1, 0.15) is 20.7 Å². The van der Waals surface area contributed by atoms with Gasteiger partial charge in [-0.1, -0.05) is 0 Å². The molecule has 5 N–H and O–H groups in total. The number of benzene rings is 1. The first kappa shape index (κ1) is 16.0. The van der Waals surface area contributed by atoms with E-state index in [0.717, 1.165) is 6.07 Å². The van der Waals surface area contributed by atoms with E-state index in [1.165, 1.54) is 23.9 Å². The van der Waals surface area contributed by atoms with Gasteiger partial charge in [-0.15, -0.1) is 0 Å². The van der Waals surface area contributed by atoms with Gasteiger partial charge < -0.3 is 21.3 Å². The molecule has 0 aliphatic carbocycles. The van der Waals surface area contributed by atoms with Crippen LogP contribution in [0.5, 0.6) is 0 Å². The van der Waals surface area contributed by atoms with E-state index >= 15 is 0 Å². The lowest BCUT2D eigenvalue weighted by Gasteiger charge is -2.07. The van der Waals surface area contributed by atoms with E-state index < -0.39 is 11.9 Å². The van der Waals surface area contributed by atoms with Gasteiger partial charge in [-0.05, 0) is 18.2 Å². The molecule has 1 aromatic carbocycles. The molecular weight excluding hydrogens is 284 g/mol. The Bertz CT molecular complexity index is 500. The first-order chi connectivity index (χ1) is 9.43. The second-order valence-corrected chi connectivity index (χ2v) is 4.90. The van der Waals surface area contributed by atoms with Crippen molar-refractivity contribution in [2.75, 3.05) is 23.4 Å². The average Bonchev–Trinajstić information content (AvgIpc) is 2.38. The summed E-state index contributed by atoms with van der Waals surface area (Å²) in [5.74, 6) is -2.08. The molecular formula is C12H14N2O5S. The standard InChI is InChI=1S/C12H14N2O5S/c13-1-2-20-6-10(15)14-9-4-7(11(16)17)3-8(5-9)12(18)19/h3-5H,1-2,6,13H2,(H,14,15)(H,16,17)(H,18,19). The molecule has 0 aliphatic rings. The number of amides is 1. The number of nitrogens with two attached hydrogens (primary N) is 1. The summed E-state index contributed by atoms with van der Waals surface area (Å²) in [4.78, 5) is 33.4. The van der Waals surface area contributed by atoms with Crippen LogP contribution in [0.3, 0.4) is 0 Å². The third kappa shape index (κ3) is 4.90. The molecule has 0 spiro atoms. The Labute approximate surface area is 119 Å². The smallest absolute Gasteiger partial charge is 0.335 e. The third-order valence-electron chi connectivity index (χ3n) is 2.21. The predicted molar refractivity (Wildman–Crippen MR) is 75.4 cm³/mol. The number of hydrogen-bond donors (Lipinski definition) is 4. The molecule has 20 heavy (non-hydrogen) atoms. The maximum absolute atomic E-state index is 11.6. The molecule has 0 saturated carbocycles. The number of carbonyl (C=O) groups is 3. The van der Waals surface area contributed by atoms with Crippen molar-refractivity contribution in [1.82, 2.24) is 0 Å². The zero-order valence-corrected chi connectivity index (χ0v) is 11.3. The Morgan fingerprint density at radius 1 is 1.10 bits per heavy atom. The molecule has 0 unspecified atom stereocenters. The molecule has 8 heteroatoms.